The van der Waals surface area contributed by atoms with Gasteiger partial charge in [0.05, 0.1) is 6.54 Å². The van der Waals surface area contributed by atoms with Crippen LogP contribution in [0.15, 0.2) is 42.7 Å². The zero-order valence-electron chi connectivity index (χ0n) is 10.7. The van der Waals surface area contributed by atoms with Crippen LogP contribution >= 0.6 is 0 Å². The Kier molecular flexibility index (Phi) is 3.05. The summed E-state index contributed by atoms with van der Waals surface area (Å²) in [6, 6.07) is 11.0. The topological polar surface area (TPSA) is 29.9 Å². The van der Waals surface area contributed by atoms with Gasteiger partial charge in [-0.15, -0.1) is 0 Å². The number of benzene rings is 1. The van der Waals surface area contributed by atoms with E-state index in [4.69, 9.17) is 0 Å². The van der Waals surface area contributed by atoms with Crippen molar-refractivity contribution in [2.45, 2.75) is 32.4 Å². The Morgan fingerprint density at radius 2 is 2.17 bits per heavy atom. The molecule has 1 saturated carbocycles. The quantitative estimate of drug-likeness (QED) is 0.871. The third-order valence-electron chi connectivity index (χ3n) is 3.62. The van der Waals surface area contributed by atoms with E-state index >= 15 is 0 Å². The third kappa shape index (κ3) is 2.55. The summed E-state index contributed by atoms with van der Waals surface area (Å²) in [7, 11) is 0. The van der Waals surface area contributed by atoms with Gasteiger partial charge in [0, 0.05) is 24.1 Å². The average Bonchev–Trinajstić information content (AvgIpc) is 3.11. The zero-order valence-corrected chi connectivity index (χ0v) is 10.7. The lowest BCUT2D eigenvalue weighted by Gasteiger charge is -2.17. The van der Waals surface area contributed by atoms with Crippen LogP contribution in [0.1, 0.15) is 25.3 Å². The molecule has 3 heteroatoms. The van der Waals surface area contributed by atoms with E-state index in [-0.39, 0.29) is 0 Å². The Balaban J connectivity index is 1.76. The molecule has 18 heavy (non-hydrogen) atoms. The van der Waals surface area contributed by atoms with Crippen LogP contribution < -0.4 is 5.32 Å². The number of anilines is 1. The Morgan fingerprint density at radius 1 is 1.33 bits per heavy atom. The van der Waals surface area contributed by atoms with E-state index in [0.29, 0.717) is 6.04 Å². The van der Waals surface area contributed by atoms with Crippen molar-refractivity contribution in [1.29, 1.82) is 0 Å². The fraction of sp³-hybridized carbons (Fsp3) is 0.400. The molecule has 1 N–H and O–H groups in total. The van der Waals surface area contributed by atoms with Crippen LogP contribution in [0.5, 0.6) is 0 Å². The monoisotopic (exact) mass is 241 g/mol. The minimum atomic E-state index is 0.573. The van der Waals surface area contributed by atoms with Crippen LogP contribution in [0.3, 0.4) is 0 Å². The van der Waals surface area contributed by atoms with Gasteiger partial charge >= 0.3 is 0 Å². The van der Waals surface area contributed by atoms with Crippen LogP contribution in [0.2, 0.25) is 0 Å². The SMILES string of the molecule is CC(Nc1ccccc1Cn1cccn1)C1CC1. The second kappa shape index (κ2) is 4.84. The summed E-state index contributed by atoms with van der Waals surface area (Å²) in [5.74, 6) is 0.864. The molecule has 0 bridgehead atoms. The highest BCUT2D eigenvalue weighted by Gasteiger charge is 2.28. The Labute approximate surface area is 108 Å². The molecular weight excluding hydrogens is 222 g/mol. The molecule has 1 aromatic heterocycles. The third-order valence-corrected chi connectivity index (χ3v) is 3.62. The van der Waals surface area contributed by atoms with Crippen LogP contribution in [-0.2, 0) is 6.54 Å². The minimum Gasteiger partial charge on any atom is -0.382 e. The first-order valence-electron chi connectivity index (χ1n) is 6.65. The Bertz CT molecular complexity index is 500. The van der Waals surface area contributed by atoms with Crippen LogP contribution in [0, 0.1) is 5.92 Å². The first kappa shape index (κ1) is 11.3. The maximum absolute atomic E-state index is 4.27. The van der Waals surface area contributed by atoms with E-state index in [1.807, 2.05) is 23.1 Å². The van der Waals surface area contributed by atoms with E-state index < -0.39 is 0 Å². The molecule has 1 aliphatic rings. The van der Waals surface area contributed by atoms with Crippen molar-refractivity contribution in [1.82, 2.24) is 9.78 Å². The molecule has 0 amide bonds. The smallest absolute Gasteiger partial charge is 0.0679 e. The average molecular weight is 241 g/mol. The Hall–Kier alpha value is -1.77. The molecule has 1 aromatic carbocycles. The van der Waals surface area contributed by atoms with Crippen molar-refractivity contribution in [2.75, 3.05) is 5.32 Å². The fourth-order valence-corrected chi connectivity index (χ4v) is 2.33. The molecule has 94 valence electrons. The molecule has 3 rings (SSSR count). The van der Waals surface area contributed by atoms with Gasteiger partial charge in [0.25, 0.3) is 0 Å². The number of hydrogen-bond acceptors (Lipinski definition) is 2. The number of nitrogens with zero attached hydrogens (tertiary/aromatic N) is 2. The first-order chi connectivity index (χ1) is 8.83. The van der Waals surface area contributed by atoms with Crippen molar-refractivity contribution in [3.05, 3.63) is 48.3 Å². The van der Waals surface area contributed by atoms with Gasteiger partial charge in [-0.3, -0.25) is 4.68 Å². The van der Waals surface area contributed by atoms with Gasteiger partial charge in [-0.1, -0.05) is 18.2 Å². The lowest BCUT2D eigenvalue weighted by molar-refractivity contribution is 0.674. The summed E-state index contributed by atoms with van der Waals surface area (Å²) in [6.45, 7) is 3.11. The predicted molar refractivity (Wildman–Crippen MR) is 73.6 cm³/mol. The van der Waals surface area contributed by atoms with Gasteiger partial charge in [0.15, 0.2) is 0 Å². The molecule has 1 aliphatic carbocycles. The van der Waals surface area contributed by atoms with Crippen molar-refractivity contribution >= 4 is 5.69 Å². The van der Waals surface area contributed by atoms with E-state index in [9.17, 15) is 0 Å². The number of para-hydroxylation sites is 1. The molecule has 0 radical (unpaired) electrons. The number of nitrogens with one attached hydrogen (secondary N) is 1. The largest absolute Gasteiger partial charge is 0.382 e. The molecular formula is C15H19N3. The summed E-state index contributed by atoms with van der Waals surface area (Å²) >= 11 is 0. The molecule has 1 fully saturated rings. The van der Waals surface area contributed by atoms with E-state index in [2.05, 4.69) is 41.6 Å². The molecule has 0 aliphatic heterocycles. The normalized spacial score (nSPS) is 16.5. The summed E-state index contributed by atoms with van der Waals surface area (Å²) in [6.07, 6.45) is 6.56. The van der Waals surface area contributed by atoms with Gasteiger partial charge in [0.2, 0.25) is 0 Å². The molecule has 2 aromatic rings. The van der Waals surface area contributed by atoms with Gasteiger partial charge in [0.1, 0.15) is 0 Å². The van der Waals surface area contributed by atoms with Gasteiger partial charge in [-0.05, 0) is 43.4 Å². The zero-order chi connectivity index (χ0) is 12.4. The van der Waals surface area contributed by atoms with Crippen LogP contribution in [0.4, 0.5) is 5.69 Å². The van der Waals surface area contributed by atoms with E-state index in [0.717, 1.165) is 12.5 Å². The lowest BCUT2D eigenvalue weighted by atomic mass is 10.1. The van der Waals surface area contributed by atoms with Crippen molar-refractivity contribution in [2.24, 2.45) is 5.92 Å². The first-order valence-corrected chi connectivity index (χ1v) is 6.65. The molecule has 0 saturated heterocycles. The minimum absolute atomic E-state index is 0.573. The van der Waals surface area contributed by atoms with Gasteiger partial charge in [-0.2, -0.15) is 5.10 Å². The van der Waals surface area contributed by atoms with Crippen molar-refractivity contribution < 1.29 is 0 Å². The second-order valence-electron chi connectivity index (χ2n) is 5.13. The predicted octanol–water partition coefficient (Wildman–Crippen LogP) is 3.14. The molecule has 1 unspecified atom stereocenters. The summed E-state index contributed by atoms with van der Waals surface area (Å²) in [4.78, 5) is 0. The summed E-state index contributed by atoms with van der Waals surface area (Å²) in [5.41, 5.74) is 2.54. The number of rotatable bonds is 5. The standard InChI is InChI=1S/C15H19N3/c1-12(13-7-8-13)17-15-6-3-2-5-14(15)11-18-10-4-9-16-18/h2-6,9-10,12-13,17H,7-8,11H2,1H3. The highest BCUT2D eigenvalue weighted by Crippen LogP contribution is 2.34. The Morgan fingerprint density at radius 3 is 2.89 bits per heavy atom. The molecule has 1 heterocycles. The van der Waals surface area contributed by atoms with E-state index in [1.165, 1.54) is 24.1 Å². The maximum Gasteiger partial charge on any atom is 0.0679 e. The maximum atomic E-state index is 4.27. The van der Waals surface area contributed by atoms with Crippen LogP contribution in [-0.4, -0.2) is 15.8 Å². The van der Waals surface area contributed by atoms with Gasteiger partial charge in [-0.25, -0.2) is 0 Å². The highest BCUT2D eigenvalue weighted by atomic mass is 15.3. The van der Waals surface area contributed by atoms with Crippen molar-refractivity contribution in [3.63, 3.8) is 0 Å². The fourth-order valence-electron chi connectivity index (χ4n) is 2.33. The summed E-state index contributed by atoms with van der Waals surface area (Å²) in [5, 5.41) is 7.91. The highest BCUT2D eigenvalue weighted by molar-refractivity contribution is 5.52. The number of hydrogen-bond donors (Lipinski definition) is 1. The van der Waals surface area contributed by atoms with E-state index in [1.54, 1.807) is 0 Å². The number of aromatic nitrogens is 2. The molecule has 3 nitrogen and oxygen atoms in total. The lowest BCUT2D eigenvalue weighted by Crippen LogP contribution is -2.18. The molecule has 1 atom stereocenters. The second-order valence-corrected chi connectivity index (χ2v) is 5.13. The summed E-state index contributed by atoms with van der Waals surface area (Å²) < 4.78 is 1.96. The van der Waals surface area contributed by atoms with Crippen LogP contribution in [0.25, 0.3) is 0 Å². The molecule has 0 spiro atoms. The van der Waals surface area contributed by atoms with Crippen molar-refractivity contribution in [3.8, 4) is 0 Å². The van der Waals surface area contributed by atoms with Gasteiger partial charge < -0.3 is 5.32 Å².